The fraction of sp³-hybridized carbons (Fsp3) is 0.100. The summed E-state index contributed by atoms with van der Waals surface area (Å²) >= 11 is 0. The molecule has 0 radical (unpaired) electrons. The zero-order valence-electron chi connectivity index (χ0n) is 7.17. The summed E-state index contributed by atoms with van der Waals surface area (Å²) in [7, 11) is 0. The van der Waals surface area contributed by atoms with Crippen LogP contribution in [0.1, 0.15) is 6.92 Å². The van der Waals surface area contributed by atoms with Gasteiger partial charge in [0.05, 0.1) is 5.69 Å². The van der Waals surface area contributed by atoms with Crippen LogP contribution in [-0.4, -0.2) is 6.72 Å². The summed E-state index contributed by atoms with van der Waals surface area (Å²) in [6.45, 7) is 9.11. The van der Waals surface area contributed by atoms with Gasteiger partial charge in [-0.3, -0.25) is 4.99 Å². The number of rotatable bonds is 3. The second-order valence-electron chi connectivity index (χ2n) is 2.61. The molecule has 0 saturated carbocycles. The highest BCUT2D eigenvalue weighted by Crippen LogP contribution is 2.17. The van der Waals surface area contributed by atoms with Crippen molar-refractivity contribution in [2.45, 2.75) is 6.92 Å². The molecule has 0 bridgehead atoms. The van der Waals surface area contributed by atoms with E-state index < -0.39 is 0 Å². The molecule has 62 valence electrons. The molecule has 1 rings (SSSR count). The van der Waals surface area contributed by atoms with Crippen LogP contribution in [0.15, 0.2) is 41.5 Å². The maximum absolute atomic E-state index is 3.82. The highest BCUT2D eigenvalue weighted by molar-refractivity contribution is 5.57. The van der Waals surface area contributed by atoms with E-state index in [1.54, 1.807) is 0 Å². The molecular formula is C10H12N2. The minimum atomic E-state index is 0.862. The smallest absolute Gasteiger partial charge is 0.0643 e. The predicted octanol–water partition coefficient (Wildman–Crippen LogP) is 2.96. The number of hydrogen-bond donors (Lipinski definition) is 1. The van der Waals surface area contributed by atoms with Gasteiger partial charge in [-0.2, -0.15) is 0 Å². The summed E-state index contributed by atoms with van der Waals surface area (Å²) in [4.78, 5) is 3.82. The molecule has 0 aliphatic carbocycles. The van der Waals surface area contributed by atoms with E-state index in [2.05, 4.69) is 23.6 Å². The van der Waals surface area contributed by atoms with E-state index in [9.17, 15) is 0 Å². The average Bonchev–Trinajstić information content (AvgIpc) is 2.03. The van der Waals surface area contributed by atoms with E-state index in [0.717, 1.165) is 17.1 Å². The van der Waals surface area contributed by atoms with Crippen molar-refractivity contribution >= 4 is 18.1 Å². The summed E-state index contributed by atoms with van der Waals surface area (Å²) in [5, 5.41) is 3.10. The van der Waals surface area contributed by atoms with E-state index in [4.69, 9.17) is 0 Å². The van der Waals surface area contributed by atoms with Crippen LogP contribution < -0.4 is 5.32 Å². The molecule has 0 aromatic heterocycles. The van der Waals surface area contributed by atoms with Crippen LogP contribution in [-0.2, 0) is 0 Å². The van der Waals surface area contributed by atoms with Crippen LogP contribution in [0.25, 0.3) is 0 Å². The van der Waals surface area contributed by atoms with Gasteiger partial charge in [0.25, 0.3) is 0 Å². The molecule has 0 spiro atoms. The van der Waals surface area contributed by atoms with Gasteiger partial charge in [0.2, 0.25) is 0 Å². The van der Waals surface area contributed by atoms with E-state index in [1.165, 1.54) is 0 Å². The van der Waals surface area contributed by atoms with Gasteiger partial charge < -0.3 is 5.32 Å². The lowest BCUT2D eigenvalue weighted by molar-refractivity contribution is 1.39. The molecule has 2 nitrogen and oxygen atoms in total. The zero-order chi connectivity index (χ0) is 8.97. The topological polar surface area (TPSA) is 24.4 Å². The van der Waals surface area contributed by atoms with Gasteiger partial charge in [-0.05, 0) is 31.8 Å². The number of aliphatic imine (C=N–C) groups is 1. The number of nitrogens with one attached hydrogen (secondary N) is 1. The van der Waals surface area contributed by atoms with Crippen LogP contribution in [0.2, 0.25) is 0 Å². The summed E-state index contributed by atoms with van der Waals surface area (Å²) in [5.41, 5.74) is 2.77. The van der Waals surface area contributed by atoms with E-state index in [-0.39, 0.29) is 0 Å². The van der Waals surface area contributed by atoms with Gasteiger partial charge in [-0.15, -0.1) is 0 Å². The zero-order valence-corrected chi connectivity index (χ0v) is 7.17. The maximum atomic E-state index is 3.82. The molecule has 0 aliphatic heterocycles. The fourth-order valence-corrected chi connectivity index (χ4v) is 0.928. The quantitative estimate of drug-likeness (QED) is 0.675. The maximum Gasteiger partial charge on any atom is 0.0643 e. The highest BCUT2D eigenvalue weighted by atomic mass is 14.9. The molecule has 0 saturated heterocycles. The van der Waals surface area contributed by atoms with E-state index in [0.29, 0.717) is 0 Å². The SMILES string of the molecule is C=Nc1cccc(NC(=C)C)c1. The Hall–Kier alpha value is -1.57. The van der Waals surface area contributed by atoms with Gasteiger partial charge in [0.15, 0.2) is 0 Å². The second kappa shape index (κ2) is 3.72. The van der Waals surface area contributed by atoms with Gasteiger partial charge in [-0.25, -0.2) is 0 Å². The first kappa shape index (κ1) is 8.53. The molecule has 2 heteroatoms. The Labute approximate surface area is 72.6 Å². The first-order valence-corrected chi connectivity index (χ1v) is 3.71. The number of benzene rings is 1. The first-order valence-electron chi connectivity index (χ1n) is 3.71. The van der Waals surface area contributed by atoms with Crippen LogP contribution >= 0.6 is 0 Å². The molecule has 0 heterocycles. The monoisotopic (exact) mass is 160 g/mol. The lowest BCUT2D eigenvalue weighted by atomic mass is 10.3. The molecule has 1 aromatic carbocycles. The standard InChI is InChI=1S/C10H12N2/c1-8(2)12-10-6-4-5-9(7-10)11-3/h4-7,12H,1,3H2,2H3. The van der Waals surface area contributed by atoms with Crippen LogP contribution in [0.3, 0.4) is 0 Å². The van der Waals surface area contributed by atoms with Crippen LogP contribution in [0.4, 0.5) is 11.4 Å². The summed E-state index contributed by atoms with van der Waals surface area (Å²) < 4.78 is 0. The Morgan fingerprint density at radius 3 is 2.83 bits per heavy atom. The third kappa shape index (κ3) is 2.23. The van der Waals surface area contributed by atoms with Crippen molar-refractivity contribution in [3.63, 3.8) is 0 Å². The Balaban J connectivity index is 2.86. The molecule has 0 aliphatic rings. The average molecular weight is 160 g/mol. The van der Waals surface area contributed by atoms with Crippen molar-refractivity contribution in [1.82, 2.24) is 0 Å². The van der Waals surface area contributed by atoms with Crippen molar-refractivity contribution in [3.05, 3.63) is 36.5 Å². The summed E-state index contributed by atoms with van der Waals surface area (Å²) in [5.74, 6) is 0. The van der Waals surface area contributed by atoms with Crippen molar-refractivity contribution in [3.8, 4) is 0 Å². The highest BCUT2D eigenvalue weighted by Gasteiger charge is 1.91. The molecule has 0 atom stereocenters. The second-order valence-corrected chi connectivity index (χ2v) is 2.61. The number of allylic oxidation sites excluding steroid dienone is 1. The number of anilines is 1. The lowest BCUT2D eigenvalue weighted by Crippen LogP contribution is -1.92. The van der Waals surface area contributed by atoms with Gasteiger partial charge in [0, 0.05) is 11.4 Å². The van der Waals surface area contributed by atoms with E-state index >= 15 is 0 Å². The predicted molar refractivity (Wildman–Crippen MR) is 54.1 cm³/mol. The third-order valence-electron chi connectivity index (χ3n) is 1.39. The first-order chi connectivity index (χ1) is 5.72. The Morgan fingerprint density at radius 2 is 2.25 bits per heavy atom. The van der Waals surface area contributed by atoms with Crippen molar-refractivity contribution in [2.75, 3.05) is 5.32 Å². The normalized spacial score (nSPS) is 9.08. The van der Waals surface area contributed by atoms with Crippen molar-refractivity contribution in [1.29, 1.82) is 0 Å². The van der Waals surface area contributed by atoms with Crippen LogP contribution in [0, 0.1) is 0 Å². The Bertz CT molecular complexity index is 302. The van der Waals surface area contributed by atoms with Crippen molar-refractivity contribution in [2.24, 2.45) is 4.99 Å². The number of nitrogens with zero attached hydrogens (tertiary/aromatic N) is 1. The molecule has 0 unspecified atom stereocenters. The summed E-state index contributed by atoms with van der Waals surface area (Å²) in [6.07, 6.45) is 0. The van der Waals surface area contributed by atoms with Gasteiger partial charge in [-0.1, -0.05) is 12.6 Å². The van der Waals surface area contributed by atoms with E-state index in [1.807, 2.05) is 31.2 Å². The molecule has 1 N–H and O–H groups in total. The molecular weight excluding hydrogens is 148 g/mol. The summed E-state index contributed by atoms with van der Waals surface area (Å²) in [6, 6.07) is 7.71. The molecule has 0 amide bonds. The Kier molecular flexibility index (Phi) is 2.64. The third-order valence-corrected chi connectivity index (χ3v) is 1.39. The lowest BCUT2D eigenvalue weighted by Gasteiger charge is -2.04. The van der Waals surface area contributed by atoms with Gasteiger partial charge in [0.1, 0.15) is 0 Å². The van der Waals surface area contributed by atoms with Crippen molar-refractivity contribution < 1.29 is 0 Å². The van der Waals surface area contributed by atoms with Gasteiger partial charge >= 0.3 is 0 Å². The molecule has 1 aromatic rings. The molecule has 12 heavy (non-hydrogen) atoms. The minimum absolute atomic E-state index is 0.862. The fourth-order valence-electron chi connectivity index (χ4n) is 0.928. The Morgan fingerprint density at radius 1 is 1.50 bits per heavy atom. The molecule has 0 fully saturated rings. The van der Waals surface area contributed by atoms with Crippen LogP contribution in [0.5, 0.6) is 0 Å². The minimum Gasteiger partial charge on any atom is -0.360 e. The largest absolute Gasteiger partial charge is 0.360 e. The number of hydrogen-bond acceptors (Lipinski definition) is 2.